The molecule has 168 valence electrons. The zero-order valence-electron chi connectivity index (χ0n) is 16.8. The van der Waals surface area contributed by atoms with Crippen molar-refractivity contribution in [3.8, 4) is 11.5 Å². The largest absolute Gasteiger partial charge is 0.436 e. The fraction of sp³-hybridized carbons (Fsp3) is 0.167. The van der Waals surface area contributed by atoms with Crippen LogP contribution in [0.4, 0.5) is 22.0 Å². The van der Waals surface area contributed by atoms with Crippen LogP contribution in [0.15, 0.2) is 64.0 Å². The number of oxazole rings is 1. The van der Waals surface area contributed by atoms with Gasteiger partial charge in [-0.05, 0) is 48.7 Å². The SMILES string of the molecule is Fc1cccc(F)c1C1=NC(c2ccc(-c3nc4cc(C(F)(F)F)c(Cl)cc4o3)cc2)CC1. The molecule has 1 aliphatic rings. The minimum absolute atomic E-state index is 0.0442. The molecule has 0 N–H and O–H groups in total. The maximum absolute atomic E-state index is 14.1. The molecule has 1 aromatic heterocycles. The Morgan fingerprint density at radius 1 is 0.970 bits per heavy atom. The molecule has 0 spiro atoms. The quantitative estimate of drug-likeness (QED) is 0.283. The Kier molecular flexibility index (Phi) is 5.20. The number of halogens is 6. The number of aliphatic imine (C=N–C) groups is 1. The first kappa shape index (κ1) is 21.6. The van der Waals surface area contributed by atoms with E-state index in [4.69, 9.17) is 16.0 Å². The normalized spacial score (nSPS) is 16.4. The summed E-state index contributed by atoms with van der Waals surface area (Å²) in [5.74, 6) is -1.14. The molecule has 3 nitrogen and oxygen atoms in total. The smallest absolute Gasteiger partial charge is 0.417 e. The van der Waals surface area contributed by atoms with Crippen molar-refractivity contribution in [2.45, 2.75) is 25.1 Å². The second kappa shape index (κ2) is 7.95. The number of hydrogen-bond acceptors (Lipinski definition) is 3. The zero-order valence-corrected chi connectivity index (χ0v) is 17.5. The van der Waals surface area contributed by atoms with Crippen LogP contribution in [0.1, 0.15) is 35.6 Å². The highest BCUT2D eigenvalue weighted by atomic mass is 35.5. The molecule has 5 rings (SSSR count). The predicted molar refractivity (Wildman–Crippen MR) is 114 cm³/mol. The van der Waals surface area contributed by atoms with Crippen LogP contribution in [0.25, 0.3) is 22.6 Å². The van der Waals surface area contributed by atoms with E-state index in [1.165, 1.54) is 18.2 Å². The van der Waals surface area contributed by atoms with Crippen molar-refractivity contribution < 1.29 is 26.4 Å². The summed E-state index contributed by atoms with van der Waals surface area (Å²) in [4.78, 5) is 8.67. The van der Waals surface area contributed by atoms with Crippen molar-refractivity contribution in [3.05, 3.63) is 87.9 Å². The molecule has 2 heterocycles. The van der Waals surface area contributed by atoms with E-state index in [0.717, 1.165) is 17.7 Å². The summed E-state index contributed by atoms with van der Waals surface area (Å²) in [7, 11) is 0. The van der Waals surface area contributed by atoms with E-state index < -0.39 is 28.4 Å². The van der Waals surface area contributed by atoms with E-state index in [1.807, 2.05) is 0 Å². The van der Waals surface area contributed by atoms with Gasteiger partial charge in [0.25, 0.3) is 0 Å². The van der Waals surface area contributed by atoms with Crippen molar-refractivity contribution in [2.24, 2.45) is 4.99 Å². The molecule has 0 amide bonds. The molecule has 4 aromatic rings. The summed E-state index contributed by atoms with van der Waals surface area (Å²) in [6.07, 6.45) is -3.56. The fourth-order valence-corrected chi connectivity index (χ4v) is 4.19. The average Bonchev–Trinajstić information content (AvgIpc) is 3.39. The Bertz CT molecular complexity index is 1370. The van der Waals surface area contributed by atoms with Gasteiger partial charge in [-0.25, -0.2) is 13.8 Å². The minimum atomic E-state index is -4.60. The first-order chi connectivity index (χ1) is 15.7. The van der Waals surface area contributed by atoms with E-state index >= 15 is 0 Å². The molecular weight excluding hydrogens is 463 g/mol. The fourth-order valence-electron chi connectivity index (χ4n) is 3.93. The van der Waals surface area contributed by atoms with Crippen LogP contribution in [0.5, 0.6) is 0 Å². The van der Waals surface area contributed by atoms with Crippen LogP contribution in [-0.2, 0) is 6.18 Å². The topological polar surface area (TPSA) is 38.4 Å². The molecule has 3 aromatic carbocycles. The van der Waals surface area contributed by atoms with Gasteiger partial charge in [0.05, 0.1) is 22.2 Å². The van der Waals surface area contributed by atoms with Crippen molar-refractivity contribution >= 4 is 28.4 Å². The Hall–Kier alpha value is -3.26. The zero-order chi connectivity index (χ0) is 23.3. The van der Waals surface area contributed by atoms with Gasteiger partial charge in [-0.15, -0.1) is 0 Å². The highest BCUT2D eigenvalue weighted by Gasteiger charge is 2.34. The Labute approximate surface area is 189 Å². The average molecular weight is 477 g/mol. The Balaban J connectivity index is 1.42. The summed E-state index contributed by atoms with van der Waals surface area (Å²) in [5, 5.41) is -0.464. The molecule has 0 fully saturated rings. The van der Waals surface area contributed by atoms with E-state index in [9.17, 15) is 22.0 Å². The Morgan fingerprint density at radius 2 is 1.67 bits per heavy atom. The monoisotopic (exact) mass is 476 g/mol. The molecule has 0 bridgehead atoms. The lowest BCUT2D eigenvalue weighted by atomic mass is 10.0. The van der Waals surface area contributed by atoms with Crippen LogP contribution in [-0.4, -0.2) is 10.7 Å². The third-order valence-corrected chi connectivity index (χ3v) is 5.86. The van der Waals surface area contributed by atoms with Crippen LogP contribution in [0.3, 0.4) is 0 Å². The van der Waals surface area contributed by atoms with Gasteiger partial charge in [-0.1, -0.05) is 29.8 Å². The second-order valence-electron chi connectivity index (χ2n) is 7.67. The third-order valence-electron chi connectivity index (χ3n) is 5.54. The van der Waals surface area contributed by atoms with Crippen molar-refractivity contribution in [2.75, 3.05) is 0 Å². The van der Waals surface area contributed by atoms with Gasteiger partial charge in [0.1, 0.15) is 17.2 Å². The first-order valence-corrected chi connectivity index (χ1v) is 10.4. The molecule has 9 heteroatoms. The molecule has 33 heavy (non-hydrogen) atoms. The molecule has 0 saturated carbocycles. The van der Waals surface area contributed by atoms with Gasteiger partial charge in [-0.2, -0.15) is 13.2 Å². The Morgan fingerprint density at radius 3 is 2.33 bits per heavy atom. The molecule has 0 saturated heterocycles. The lowest BCUT2D eigenvalue weighted by Crippen LogP contribution is -2.05. The summed E-state index contributed by atoms with van der Waals surface area (Å²) in [6.45, 7) is 0. The minimum Gasteiger partial charge on any atom is -0.436 e. The van der Waals surface area contributed by atoms with E-state index in [2.05, 4.69) is 9.98 Å². The van der Waals surface area contributed by atoms with Gasteiger partial charge in [0.2, 0.25) is 5.89 Å². The maximum Gasteiger partial charge on any atom is 0.417 e. The maximum atomic E-state index is 14.1. The summed E-state index contributed by atoms with van der Waals surface area (Å²) in [6, 6.07) is 12.4. The molecular formula is C24H14ClF5N2O. The van der Waals surface area contributed by atoms with Gasteiger partial charge < -0.3 is 4.42 Å². The number of benzene rings is 3. The van der Waals surface area contributed by atoms with Crippen LogP contribution in [0.2, 0.25) is 5.02 Å². The van der Waals surface area contributed by atoms with Gasteiger partial charge in [0, 0.05) is 17.3 Å². The molecule has 1 aliphatic heterocycles. The van der Waals surface area contributed by atoms with Gasteiger partial charge in [-0.3, -0.25) is 4.99 Å². The van der Waals surface area contributed by atoms with Gasteiger partial charge in [0.15, 0.2) is 5.58 Å². The number of hydrogen-bond donors (Lipinski definition) is 0. The summed E-state index contributed by atoms with van der Waals surface area (Å²) in [5.41, 5.74) is 0.891. The standard InChI is InChI=1S/C24H14ClF5N2O/c25-15-11-21-20(10-14(15)24(28,29)30)32-23(33-21)13-6-4-12(5-7-13)18-8-9-19(31-18)22-16(26)2-1-3-17(22)27/h1-7,10-11,18H,8-9H2. The van der Waals surface area contributed by atoms with E-state index in [1.54, 1.807) is 24.3 Å². The molecule has 0 radical (unpaired) electrons. The van der Waals surface area contributed by atoms with Crippen LogP contribution >= 0.6 is 11.6 Å². The number of rotatable bonds is 3. The van der Waals surface area contributed by atoms with Crippen molar-refractivity contribution in [3.63, 3.8) is 0 Å². The number of nitrogens with zero attached hydrogens (tertiary/aromatic N) is 2. The van der Waals surface area contributed by atoms with E-state index in [0.29, 0.717) is 24.1 Å². The lowest BCUT2D eigenvalue weighted by Gasteiger charge is -2.07. The first-order valence-electron chi connectivity index (χ1n) is 9.99. The third kappa shape index (κ3) is 3.99. The highest BCUT2D eigenvalue weighted by molar-refractivity contribution is 6.32. The number of fused-ring (bicyclic) bond motifs is 1. The van der Waals surface area contributed by atoms with Crippen LogP contribution in [0, 0.1) is 11.6 Å². The number of alkyl halides is 3. The summed E-state index contributed by atoms with van der Waals surface area (Å²) < 4.78 is 73.0. The van der Waals surface area contributed by atoms with E-state index in [-0.39, 0.29) is 28.6 Å². The number of aromatic nitrogens is 1. The van der Waals surface area contributed by atoms with Gasteiger partial charge >= 0.3 is 6.18 Å². The van der Waals surface area contributed by atoms with Crippen LogP contribution < -0.4 is 0 Å². The molecule has 1 unspecified atom stereocenters. The molecule has 0 aliphatic carbocycles. The van der Waals surface area contributed by atoms with Crippen molar-refractivity contribution in [1.82, 2.24) is 4.98 Å². The lowest BCUT2D eigenvalue weighted by molar-refractivity contribution is -0.137. The molecule has 1 atom stereocenters. The highest BCUT2D eigenvalue weighted by Crippen LogP contribution is 2.38. The second-order valence-corrected chi connectivity index (χ2v) is 8.07. The van der Waals surface area contributed by atoms with Crippen molar-refractivity contribution in [1.29, 1.82) is 0 Å². The summed E-state index contributed by atoms with van der Waals surface area (Å²) >= 11 is 5.75. The predicted octanol–water partition coefficient (Wildman–Crippen LogP) is 7.77.